The third kappa shape index (κ3) is 10.0. The van der Waals surface area contributed by atoms with Crippen LogP contribution in [0.25, 0.3) is 11.3 Å². The van der Waals surface area contributed by atoms with Gasteiger partial charge in [0, 0.05) is 17.7 Å². The number of nitrogen functional groups attached to an aromatic ring is 1. The zero-order valence-electron chi connectivity index (χ0n) is 29.0. The van der Waals surface area contributed by atoms with Gasteiger partial charge in [-0.05, 0) is 83.5 Å². The van der Waals surface area contributed by atoms with Crippen LogP contribution in [0, 0.1) is 0 Å². The van der Waals surface area contributed by atoms with E-state index in [2.05, 4.69) is 49.6 Å². The zero-order chi connectivity index (χ0) is 36.0. The SMILES string of the molecule is CC(C)(C)OC(=O)NCc1cccc2c1OCCCCCCC(C)(PI)CC(C)(C)S(=O)(=O)c1ccc(cc1)-c1cnc(N)c(n1)C(=O)N2. The second-order valence-electron chi connectivity index (χ2n) is 14.2. The van der Waals surface area contributed by atoms with Crippen molar-refractivity contribution in [3.63, 3.8) is 0 Å². The van der Waals surface area contributed by atoms with Crippen molar-refractivity contribution in [1.29, 1.82) is 0 Å². The molecule has 3 heterocycles. The summed E-state index contributed by atoms with van der Waals surface area (Å²) in [7, 11) is -3.66. The van der Waals surface area contributed by atoms with E-state index in [1.165, 1.54) is 6.20 Å². The van der Waals surface area contributed by atoms with Gasteiger partial charge in [-0.1, -0.05) is 72.5 Å². The molecule has 0 spiro atoms. The minimum atomic E-state index is -3.66. The van der Waals surface area contributed by atoms with Crippen LogP contribution in [-0.4, -0.2) is 52.5 Å². The van der Waals surface area contributed by atoms with E-state index < -0.39 is 32.2 Å². The van der Waals surface area contributed by atoms with Crippen molar-refractivity contribution in [3.8, 4) is 17.0 Å². The number of halogens is 1. The fourth-order valence-corrected chi connectivity index (χ4v) is 9.76. The van der Waals surface area contributed by atoms with Crippen molar-refractivity contribution < 1.29 is 27.5 Å². The molecule has 4 bridgehead atoms. The van der Waals surface area contributed by atoms with Crippen molar-refractivity contribution >= 4 is 61.6 Å². The Morgan fingerprint density at radius 3 is 2.47 bits per heavy atom. The van der Waals surface area contributed by atoms with Crippen molar-refractivity contribution in [2.45, 2.75) is 107 Å². The summed E-state index contributed by atoms with van der Waals surface area (Å²) < 4.78 is 38.5. The number of nitrogens with zero attached hydrogens (tertiary/aromatic N) is 2. The topological polar surface area (TPSA) is 163 Å². The van der Waals surface area contributed by atoms with E-state index in [0.29, 0.717) is 47.5 Å². The van der Waals surface area contributed by atoms with Crippen LogP contribution in [0.5, 0.6) is 5.75 Å². The maximum Gasteiger partial charge on any atom is 0.407 e. The van der Waals surface area contributed by atoms with Crippen molar-refractivity contribution in [2.24, 2.45) is 0 Å². The lowest BCUT2D eigenvalue weighted by molar-refractivity contribution is 0.0523. The van der Waals surface area contributed by atoms with Crippen LogP contribution < -0.4 is 21.1 Å². The average Bonchev–Trinajstić information content (AvgIpc) is 3.02. The number of carbonyl (C=O) groups excluding carboxylic acids is 2. The summed E-state index contributed by atoms with van der Waals surface area (Å²) >= 11 is 2.40. The molecule has 0 saturated carbocycles. The van der Waals surface area contributed by atoms with Gasteiger partial charge in [-0.2, -0.15) is 0 Å². The fourth-order valence-electron chi connectivity index (χ4n) is 5.83. The second-order valence-corrected chi connectivity index (χ2v) is 19.8. The maximum absolute atomic E-state index is 13.9. The molecule has 2 aliphatic rings. The molecule has 0 saturated heterocycles. The predicted molar refractivity (Wildman–Crippen MR) is 205 cm³/mol. The molecule has 0 radical (unpaired) electrons. The molecule has 14 heteroatoms. The first kappa shape index (κ1) is 38.8. The Morgan fingerprint density at radius 1 is 1.10 bits per heavy atom. The van der Waals surface area contributed by atoms with Crippen LogP contribution in [0.2, 0.25) is 0 Å². The number of fused-ring (bicyclic) bond motifs is 13. The second kappa shape index (κ2) is 15.9. The van der Waals surface area contributed by atoms with Crippen molar-refractivity contribution in [3.05, 3.63) is 59.9 Å². The Bertz CT molecular complexity index is 1760. The molecule has 2 amide bonds. The Morgan fingerprint density at radius 2 is 1.80 bits per heavy atom. The van der Waals surface area contributed by atoms with E-state index >= 15 is 0 Å². The fraction of sp³-hybridized carbons (Fsp3) is 0.486. The van der Waals surface area contributed by atoms with E-state index in [0.717, 1.165) is 32.1 Å². The Labute approximate surface area is 304 Å². The summed E-state index contributed by atoms with van der Waals surface area (Å²) in [6.45, 7) is 11.7. The van der Waals surface area contributed by atoms with Crippen LogP contribution in [0.15, 0.2) is 53.6 Å². The van der Waals surface area contributed by atoms with Crippen LogP contribution in [0.3, 0.4) is 0 Å². The number of nitrogens with one attached hydrogen (secondary N) is 2. The summed E-state index contributed by atoms with van der Waals surface area (Å²) in [5.41, 5.74) is 7.35. The van der Waals surface area contributed by atoms with Gasteiger partial charge >= 0.3 is 6.09 Å². The third-order valence-electron chi connectivity index (χ3n) is 8.28. The number of rotatable bonds is 3. The molecule has 2 aromatic carbocycles. The standard InChI is InChI=1S/C35H47IN5O6PS/c1-33(2,3)47-32(43)39-20-24-12-11-13-26-29(24)46-19-10-8-7-9-18-35(6,48-36)22-34(4,5)49(44,45)25-16-14-23(15-17-25)27-21-38-30(37)28(40-27)31(42)41-26/h11-17,21,48H,7-10,18-20,22H2,1-6H3,(H2,37,38)(H,39,43)(H,41,42). The molecule has 3 aromatic rings. The van der Waals surface area contributed by atoms with Gasteiger partial charge < -0.3 is 25.8 Å². The third-order valence-corrected chi connectivity index (χ3v) is 15.6. The molecule has 0 fully saturated rings. The number of hydrogen-bond donors (Lipinski definition) is 3. The minimum absolute atomic E-state index is 0.0686. The first-order chi connectivity index (χ1) is 22.9. The molecule has 266 valence electrons. The number of sulfone groups is 1. The highest BCUT2D eigenvalue weighted by atomic mass is 127. The van der Waals surface area contributed by atoms with Gasteiger partial charge in [0.1, 0.15) is 11.4 Å². The summed E-state index contributed by atoms with van der Waals surface area (Å²) in [5.74, 6) is -0.244. The van der Waals surface area contributed by atoms with Gasteiger partial charge in [0.15, 0.2) is 21.3 Å². The number of amides is 2. The van der Waals surface area contributed by atoms with E-state index in [1.807, 2.05) is 19.9 Å². The predicted octanol–water partition coefficient (Wildman–Crippen LogP) is 8.08. The molecular weight excluding hydrogens is 776 g/mol. The van der Waals surface area contributed by atoms with Gasteiger partial charge in [-0.3, -0.25) is 4.79 Å². The molecule has 49 heavy (non-hydrogen) atoms. The Kier molecular flexibility index (Phi) is 12.6. The van der Waals surface area contributed by atoms with Gasteiger partial charge in [0.05, 0.1) is 33.8 Å². The Hall–Kier alpha value is -3.03. The number of ether oxygens (including phenoxy) is 2. The number of carbonyl (C=O) groups is 2. The summed E-state index contributed by atoms with van der Waals surface area (Å²) in [6.07, 6.45) is 6.50. The molecule has 5 rings (SSSR count). The molecule has 2 atom stereocenters. The normalized spacial score (nSPS) is 20.3. The molecule has 0 aliphatic carbocycles. The van der Waals surface area contributed by atoms with E-state index in [9.17, 15) is 18.0 Å². The number of nitrogens with two attached hydrogens (primary N) is 1. The monoisotopic (exact) mass is 823 g/mol. The number of anilines is 2. The Balaban J connectivity index is 1.71. The smallest absolute Gasteiger partial charge is 0.407 e. The number of alkyl carbamates (subject to hydrolysis) is 1. The molecule has 2 aliphatic heterocycles. The van der Waals surface area contributed by atoms with Crippen molar-refractivity contribution in [2.75, 3.05) is 17.7 Å². The van der Waals surface area contributed by atoms with Crippen molar-refractivity contribution in [1.82, 2.24) is 15.3 Å². The number of para-hydroxylation sites is 1. The summed E-state index contributed by atoms with van der Waals surface area (Å²) in [4.78, 5) is 35.0. The van der Waals surface area contributed by atoms with Crippen LogP contribution in [0.1, 0.15) is 96.1 Å². The highest BCUT2D eigenvalue weighted by Gasteiger charge is 2.41. The highest BCUT2D eigenvalue weighted by molar-refractivity contribution is 14.2. The maximum atomic E-state index is 13.9. The number of benzene rings is 2. The summed E-state index contributed by atoms with van der Waals surface area (Å²) in [5, 5.41) is 5.51. The lowest BCUT2D eigenvalue weighted by atomic mass is 9.92. The lowest BCUT2D eigenvalue weighted by Crippen LogP contribution is -2.39. The first-order valence-corrected chi connectivity index (χ1v) is 21.9. The highest BCUT2D eigenvalue weighted by Crippen LogP contribution is 2.49. The zero-order valence-corrected chi connectivity index (χ0v) is 33.0. The lowest BCUT2D eigenvalue weighted by Gasteiger charge is -2.36. The molecule has 11 nitrogen and oxygen atoms in total. The molecule has 4 N–H and O–H groups in total. The molecule has 1 aromatic heterocycles. The van der Waals surface area contributed by atoms with Crippen LogP contribution >= 0.6 is 28.3 Å². The van der Waals surface area contributed by atoms with Gasteiger partial charge in [0.2, 0.25) is 0 Å². The molecular formula is C35H47IN5O6PS. The number of aromatic nitrogens is 2. The minimum Gasteiger partial charge on any atom is -0.491 e. The van der Waals surface area contributed by atoms with Gasteiger partial charge in [-0.25, -0.2) is 23.2 Å². The van der Waals surface area contributed by atoms with Gasteiger partial charge in [-0.15, -0.1) is 0 Å². The first-order valence-electron chi connectivity index (χ1n) is 16.3. The van der Waals surface area contributed by atoms with E-state index in [1.54, 1.807) is 57.2 Å². The largest absolute Gasteiger partial charge is 0.491 e. The van der Waals surface area contributed by atoms with E-state index in [4.69, 9.17) is 15.2 Å². The quantitative estimate of drug-likeness (QED) is 0.175. The number of hydrogen-bond acceptors (Lipinski definition) is 9. The van der Waals surface area contributed by atoms with E-state index in [-0.39, 0.29) is 28.1 Å². The van der Waals surface area contributed by atoms with Gasteiger partial charge in [0.25, 0.3) is 5.91 Å². The molecule has 2 unspecified atom stereocenters. The van der Waals surface area contributed by atoms with Crippen LogP contribution in [0.4, 0.5) is 16.3 Å². The average molecular weight is 824 g/mol. The van der Waals surface area contributed by atoms with Crippen LogP contribution in [-0.2, 0) is 21.1 Å². The summed E-state index contributed by atoms with van der Waals surface area (Å²) in [6, 6.07) is 11.8.